The first-order valence-electron chi connectivity index (χ1n) is 6.58. The van der Waals surface area contributed by atoms with E-state index in [-0.39, 0.29) is 11.1 Å². The molecule has 4 atom stereocenters. The van der Waals surface area contributed by atoms with Gasteiger partial charge in [-0.05, 0) is 9.13 Å². The first kappa shape index (κ1) is 18.1. The Balaban J connectivity index is 2.57. The lowest BCUT2D eigenvalue weighted by atomic mass is 10.2. The minimum Gasteiger partial charge on any atom is -0.338 e. The lowest BCUT2D eigenvalue weighted by Gasteiger charge is -2.16. The van der Waals surface area contributed by atoms with Crippen LogP contribution >= 0.6 is 23.4 Å². The summed E-state index contributed by atoms with van der Waals surface area (Å²) < 4.78 is 36.5. The van der Waals surface area contributed by atoms with Gasteiger partial charge in [-0.2, -0.15) is 9.79 Å². The highest BCUT2D eigenvalue weighted by molar-refractivity contribution is 7.75. The minimum absolute atomic E-state index is 0.180. The van der Waals surface area contributed by atoms with Crippen LogP contribution < -0.4 is 0 Å². The van der Waals surface area contributed by atoms with Gasteiger partial charge in [0.15, 0.2) is 0 Å². The predicted molar refractivity (Wildman–Crippen MR) is 87.8 cm³/mol. The number of hydrogen-bond donors (Lipinski definition) is 3. The molecule has 4 unspecified atom stereocenters. The summed E-state index contributed by atoms with van der Waals surface area (Å²) in [5.41, 5.74) is 0.361. The van der Waals surface area contributed by atoms with Crippen molar-refractivity contribution in [2.24, 2.45) is 0 Å². The maximum absolute atomic E-state index is 13.0. The van der Waals surface area contributed by atoms with Gasteiger partial charge in [0.2, 0.25) is 0 Å². The molecule has 23 heavy (non-hydrogen) atoms. The van der Waals surface area contributed by atoms with Crippen molar-refractivity contribution >= 4 is 23.4 Å². The van der Waals surface area contributed by atoms with Gasteiger partial charge in [0, 0.05) is 11.1 Å². The van der Waals surface area contributed by atoms with E-state index in [1.807, 2.05) is 0 Å². The first-order valence-corrected chi connectivity index (χ1v) is 10.9. The van der Waals surface area contributed by atoms with Crippen molar-refractivity contribution in [3.8, 4) is 0 Å². The second-order valence-corrected chi connectivity index (χ2v) is 10.3. The Morgan fingerprint density at radius 3 is 1.30 bits per heavy atom. The minimum atomic E-state index is -4.54. The van der Waals surface area contributed by atoms with Gasteiger partial charge in [-0.15, -0.1) is 0 Å². The molecule has 6 nitrogen and oxygen atoms in total. The van der Waals surface area contributed by atoms with Crippen LogP contribution in [0.4, 0.5) is 0 Å². The van der Waals surface area contributed by atoms with E-state index >= 15 is 0 Å². The molecule has 0 amide bonds. The van der Waals surface area contributed by atoms with Crippen LogP contribution in [0.25, 0.3) is 0 Å². The molecule has 2 rings (SSSR count). The molecule has 0 bridgehead atoms. The van der Waals surface area contributed by atoms with E-state index in [0.29, 0.717) is 0 Å². The summed E-state index contributed by atoms with van der Waals surface area (Å²) in [7, 11) is -10.7. The third kappa shape index (κ3) is 3.99. The first-order chi connectivity index (χ1) is 10.9. The Kier molecular flexibility index (Phi) is 5.94. The van der Waals surface area contributed by atoms with Gasteiger partial charge in [0.05, 0.1) is 0 Å². The maximum atomic E-state index is 13.0. The predicted octanol–water partition coefficient (Wildman–Crippen LogP) is 4.12. The van der Waals surface area contributed by atoms with E-state index in [0.717, 1.165) is 0 Å². The average Bonchev–Trinajstić information content (AvgIpc) is 2.48. The SMILES string of the molecule is O=[P+](O)C(c1ccccc1)P(=O)(O)C(c1ccccc1)[P+](=O)O. The molecule has 0 fully saturated rings. The fraction of sp³-hybridized carbons (Fsp3) is 0.143. The second kappa shape index (κ2) is 7.55. The van der Waals surface area contributed by atoms with Crippen LogP contribution in [0.5, 0.6) is 0 Å². The topological polar surface area (TPSA) is 112 Å². The van der Waals surface area contributed by atoms with Crippen molar-refractivity contribution in [3.05, 3.63) is 71.8 Å². The van der Waals surface area contributed by atoms with Crippen molar-refractivity contribution in [1.82, 2.24) is 0 Å². The van der Waals surface area contributed by atoms with Crippen LogP contribution in [0.15, 0.2) is 60.7 Å². The lowest BCUT2D eigenvalue weighted by molar-refractivity contribution is 0.452. The molecule has 0 saturated heterocycles. The van der Waals surface area contributed by atoms with E-state index in [2.05, 4.69) is 0 Å². The molecule has 0 saturated carbocycles. The summed E-state index contributed by atoms with van der Waals surface area (Å²) in [5, 5.41) is -3.26. The van der Waals surface area contributed by atoms with Gasteiger partial charge in [0.25, 0.3) is 10.8 Å². The summed E-state index contributed by atoms with van der Waals surface area (Å²) in [6.45, 7) is 0. The average molecular weight is 372 g/mol. The highest BCUT2D eigenvalue weighted by atomic mass is 31.2. The van der Waals surface area contributed by atoms with E-state index in [1.165, 1.54) is 24.3 Å². The van der Waals surface area contributed by atoms with E-state index in [1.54, 1.807) is 36.4 Å². The molecule has 0 spiro atoms. The zero-order valence-electron chi connectivity index (χ0n) is 11.8. The zero-order chi connectivity index (χ0) is 17.0. The van der Waals surface area contributed by atoms with E-state index in [4.69, 9.17) is 0 Å². The Morgan fingerprint density at radius 2 is 1.04 bits per heavy atom. The fourth-order valence-corrected chi connectivity index (χ4v) is 8.05. The van der Waals surface area contributed by atoms with Gasteiger partial charge in [-0.25, -0.2) is 0 Å². The van der Waals surface area contributed by atoms with Crippen molar-refractivity contribution in [2.45, 2.75) is 10.8 Å². The molecule has 2 aromatic carbocycles. The highest BCUT2D eigenvalue weighted by Crippen LogP contribution is 2.77. The van der Waals surface area contributed by atoms with Gasteiger partial charge in [-0.1, -0.05) is 60.7 Å². The largest absolute Gasteiger partial charge is 0.524 e. The van der Waals surface area contributed by atoms with E-state index in [9.17, 15) is 28.4 Å². The highest BCUT2D eigenvalue weighted by Gasteiger charge is 2.60. The Bertz CT molecular complexity index is 688. The van der Waals surface area contributed by atoms with Gasteiger partial charge < -0.3 is 4.89 Å². The third-order valence-corrected chi connectivity index (χ3v) is 9.92. The van der Waals surface area contributed by atoms with Crippen molar-refractivity contribution < 1.29 is 28.4 Å². The van der Waals surface area contributed by atoms with Crippen LogP contribution in [-0.4, -0.2) is 14.7 Å². The molecule has 0 aromatic heterocycles. The molecule has 0 aliphatic heterocycles. The summed E-state index contributed by atoms with van der Waals surface area (Å²) in [6.07, 6.45) is 0. The van der Waals surface area contributed by atoms with Crippen molar-refractivity contribution in [3.63, 3.8) is 0 Å². The monoisotopic (exact) mass is 372 g/mol. The smallest absolute Gasteiger partial charge is 0.338 e. The summed E-state index contributed by atoms with van der Waals surface area (Å²) in [4.78, 5) is 29.7. The van der Waals surface area contributed by atoms with Crippen molar-refractivity contribution in [1.29, 1.82) is 0 Å². The molecule has 0 aliphatic carbocycles. The molecule has 0 radical (unpaired) electrons. The standard InChI is InChI=1S/C14H13O6P3/c15-21(16)13(11-7-3-1-4-8-11)23(19,20)14(22(17)18)12-9-5-2-6-10-12/h1-10,13-14H,(H-2,15,16,17,18,19,20)/p+2. The quantitative estimate of drug-likeness (QED) is 0.658. The number of hydrogen-bond acceptors (Lipinski definition) is 3. The summed E-state index contributed by atoms with van der Waals surface area (Å²) in [5.74, 6) is 0. The molecular weight excluding hydrogens is 357 g/mol. The zero-order valence-corrected chi connectivity index (χ0v) is 14.5. The van der Waals surface area contributed by atoms with Crippen LogP contribution in [0.3, 0.4) is 0 Å². The van der Waals surface area contributed by atoms with Crippen LogP contribution in [0.2, 0.25) is 0 Å². The van der Waals surface area contributed by atoms with Crippen LogP contribution in [-0.2, 0) is 13.7 Å². The molecule has 3 N–H and O–H groups in total. The maximum Gasteiger partial charge on any atom is 0.524 e. The fourth-order valence-electron chi connectivity index (χ4n) is 2.35. The Labute approximate surface area is 135 Å². The van der Waals surface area contributed by atoms with Gasteiger partial charge in [-0.3, -0.25) is 4.57 Å². The third-order valence-electron chi connectivity index (χ3n) is 3.31. The molecular formula is C14H15O6P3+2. The van der Waals surface area contributed by atoms with E-state index < -0.39 is 34.2 Å². The van der Waals surface area contributed by atoms with Gasteiger partial charge >= 0.3 is 23.4 Å². The molecule has 120 valence electrons. The summed E-state index contributed by atoms with van der Waals surface area (Å²) >= 11 is 0. The number of rotatable bonds is 6. The summed E-state index contributed by atoms with van der Waals surface area (Å²) in [6, 6.07) is 15.4. The second-order valence-electron chi connectivity index (χ2n) is 4.85. The molecule has 9 heteroatoms. The number of benzene rings is 2. The van der Waals surface area contributed by atoms with Crippen molar-refractivity contribution in [2.75, 3.05) is 0 Å². The Hall–Kier alpha value is -1.25. The molecule has 2 aromatic rings. The molecule has 0 aliphatic rings. The Morgan fingerprint density at radius 1 is 0.739 bits per heavy atom. The van der Waals surface area contributed by atoms with Gasteiger partial charge in [0.1, 0.15) is 0 Å². The molecule has 0 heterocycles. The van der Waals surface area contributed by atoms with Crippen LogP contribution in [0, 0.1) is 0 Å². The lowest BCUT2D eigenvalue weighted by Crippen LogP contribution is -2.04. The van der Waals surface area contributed by atoms with Crippen LogP contribution in [0.1, 0.15) is 21.9 Å². The normalized spacial score (nSPS) is 17.7.